The number of anilines is 1. The van der Waals surface area contributed by atoms with E-state index in [0.29, 0.717) is 0 Å². The van der Waals surface area contributed by atoms with Crippen molar-refractivity contribution in [2.24, 2.45) is 0 Å². The van der Waals surface area contributed by atoms with Gasteiger partial charge in [-0.1, -0.05) is 12.1 Å². The molecule has 3 nitrogen and oxygen atoms in total. The molecule has 0 spiro atoms. The van der Waals surface area contributed by atoms with E-state index in [-0.39, 0.29) is 5.54 Å². The van der Waals surface area contributed by atoms with E-state index in [1.807, 2.05) is 24.4 Å². The van der Waals surface area contributed by atoms with Gasteiger partial charge >= 0.3 is 0 Å². The van der Waals surface area contributed by atoms with Gasteiger partial charge in [0.2, 0.25) is 0 Å². The molecule has 0 radical (unpaired) electrons. The monoisotopic (exact) mass is 228 g/mol. The molecule has 1 aromatic heterocycles. The van der Waals surface area contributed by atoms with E-state index in [1.165, 1.54) is 12.8 Å². The number of fused-ring (bicyclic) bond motifs is 1. The fourth-order valence-corrected chi connectivity index (χ4v) is 2.05. The molecule has 1 heterocycles. The first kappa shape index (κ1) is 10.4. The van der Waals surface area contributed by atoms with Crippen molar-refractivity contribution in [2.45, 2.75) is 25.3 Å². The summed E-state index contributed by atoms with van der Waals surface area (Å²) in [6, 6.07) is 8.06. The van der Waals surface area contributed by atoms with Crippen LogP contribution in [0.15, 0.2) is 30.5 Å². The van der Waals surface area contributed by atoms with E-state index in [4.69, 9.17) is 4.74 Å². The molecular weight excluding hydrogens is 212 g/mol. The first-order chi connectivity index (χ1) is 8.22. The van der Waals surface area contributed by atoms with Gasteiger partial charge in [0.05, 0.1) is 7.11 Å². The lowest BCUT2D eigenvalue weighted by molar-refractivity contribution is 0.420. The summed E-state index contributed by atoms with van der Waals surface area (Å²) in [5, 5.41) is 5.75. The van der Waals surface area contributed by atoms with Crippen LogP contribution in [0.1, 0.15) is 19.8 Å². The summed E-state index contributed by atoms with van der Waals surface area (Å²) in [5.41, 5.74) is 0.240. The van der Waals surface area contributed by atoms with Gasteiger partial charge in [-0.25, -0.2) is 4.98 Å². The molecule has 1 aromatic carbocycles. The molecule has 0 bridgehead atoms. The lowest BCUT2D eigenvalue weighted by Gasteiger charge is -2.15. The number of ether oxygens (including phenoxy) is 1. The Morgan fingerprint density at radius 2 is 2.06 bits per heavy atom. The van der Waals surface area contributed by atoms with Gasteiger partial charge in [0.15, 0.2) is 0 Å². The van der Waals surface area contributed by atoms with Gasteiger partial charge in [0.25, 0.3) is 0 Å². The van der Waals surface area contributed by atoms with Crippen molar-refractivity contribution >= 4 is 16.6 Å². The zero-order chi connectivity index (χ0) is 11.9. The van der Waals surface area contributed by atoms with Crippen LogP contribution < -0.4 is 10.1 Å². The first-order valence-electron chi connectivity index (χ1n) is 5.92. The summed E-state index contributed by atoms with van der Waals surface area (Å²) in [6.07, 6.45) is 4.27. The second-order valence-corrected chi connectivity index (χ2v) is 4.90. The molecular formula is C14H16N2O. The number of hydrogen-bond donors (Lipinski definition) is 1. The minimum Gasteiger partial charge on any atom is -0.496 e. The Bertz CT molecular complexity index is 561. The lowest BCUT2D eigenvalue weighted by Crippen LogP contribution is -2.17. The topological polar surface area (TPSA) is 34.1 Å². The Balaban J connectivity index is 2.12. The molecule has 88 valence electrons. The number of rotatable bonds is 3. The van der Waals surface area contributed by atoms with E-state index in [9.17, 15) is 0 Å². The third-order valence-electron chi connectivity index (χ3n) is 3.41. The Kier molecular flexibility index (Phi) is 2.21. The molecule has 17 heavy (non-hydrogen) atoms. The molecule has 3 heteroatoms. The van der Waals surface area contributed by atoms with E-state index in [2.05, 4.69) is 23.3 Å². The van der Waals surface area contributed by atoms with Crippen LogP contribution in [0.5, 0.6) is 5.75 Å². The van der Waals surface area contributed by atoms with Gasteiger partial charge in [0, 0.05) is 22.5 Å². The highest BCUT2D eigenvalue weighted by molar-refractivity contribution is 5.96. The van der Waals surface area contributed by atoms with Crippen LogP contribution in [0.25, 0.3) is 10.8 Å². The molecule has 0 amide bonds. The molecule has 1 aliphatic carbocycles. The van der Waals surface area contributed by atoms with E-state index < -0.39 is 0 Å². The Morgan fingerprint density at radius 1 is 1.24 bits per heavy atom. The van der Waals surface area contributed by atoms with Gasteiger partial charge in [-0.2, -0.15) is 0 Å². The number of benzene rings is 1. The van der Waals surface area contributed by atoms with Crippen molar-refractivity contribution < 1.29 is 4.74 Å². The highest BCUT2D eigenvalue weighted by atomic mass is 16.5. The van der Waals surface area contributed by atoms with Crippen LogP contribution in [0.2, 0.25) is 0 Å². The predicted octanol–water partition coefficient (Wildman–Crippen LogP) is 3.21. The van der Waals surface area contributed by atoms with E-state index in [0.717, 1.165) is 22.3 Å². The van der Waals surface area contributed by atoms with Crippen molar-refractivity contribution in [2.75, 3.05) is 12.4 Å². The second-order valence-electron chi connectivity index (χ2n) is 4.90. The van der Waals surface area contributed by atoms with E-state index >= 15 is 0 Å². The molecule has 0 atom stereocenters. The lowest BCUT2D eigenvalue weighted by atomic mass is 10.1. The molecule has 1 fully saturated rings. The van der Waals surface area contributed by atoms with Crippen molar-refractivity contribution in [3.63, 3.8) is 0 Å². The normalized spacial score (nSPS) is 16.8. The second kappa shape index (κ2) is 3.62. The van der Waals surface area contributed by atoms with Gasteiger partial charge in [-0.15, -0.1) is 0 Å². The number of pyridine rings is 1. The zero-order valence-corrected chi connectivity index (χ0v) is 10.2. The van der Waals surface area contributed by atoms with Crippen molar-refractivity contribution in [1.29, 1.82) is 0 Å². The highest BCUT2D eigenvalue weighted by Crippen LogP contribution is 2.39. The fraction of sp³-hybridized carbons (Fsp3) is 0.357. The number of nitrogens with one attached hydrogen (secondary N) is 1. The fourth-order valence-electron chi connectivity index (χ4n) is 2.05. The maximum absolute atomic E-state index is 5.37. The SMILES string of the molecule is COc1cccc2c(NC3(C)CC3)nccc12. The molecule has 2 aromatic rings. The smallest absolute Gasteiger partial charge is 0.134 e. The van der Waals surface area contributed by atoms with Crippen LogP contribution in [0.3, 0.4) is 0 Å². The van der Waals surface area contributed by atoms with Crippen LogP contribution >= 0.6 is 0 Å². The number of aromatic nitrogens is 1. The first-order valence-corrected chi connectivity index (χ1v) is 5.92. The minimum atomic E-state index is 0.240. The molecule has 0 saturated heterocycles. The van der Waals surface area contributed by atoms with Gasteiger partial charge in [-0.05, 0) is 31.9 Å². The predicted molar refractivity (Wildman–Crippen MR) is 69.6 cm³/mol. The molecule has 3 rings (SSSR count). The average molecular weight is 228 g/mol. The molecule has 1 saturated carbocycles. The van der Waals surface area contributed by atoms with Crippen LogP contribution in [-0.2, 0) is 0 Å². The maximum atomic E-state index is 5.37. The summed E-state index contributed by atoms with van der Waals surface area (Å²) >= 11 is 0. The summed E-state index contributed by atoms with van der Waals surface area (Å²) < 4.78 is 5.37. The standard InChI is InChI=1S/C14H16N2O/c1-14(7-8-14)16-13-11-4-3-5-12(17-2)10(11)6-9-15-13/h3-6,9H,7-8H2,1-2H3,(H,15,16). The molecule has 0 unspecified atom stereocenters. The number of nitrogens with zero attached hydrogens (tertiary/aromatic N) is 1. The van der Waals surface area contributed by atoms with Crippen LogP contribution in [0.4, 0.5) is 5.82 Å². The van der Waals surface area contributed by atoms with Gasteiger partial charge in [0.1, 0.15) is 11.6 Å². The minimum absolute atomic E-state index is 0.240. The van der Waals surface area contributed by atoms with E-state index in [1.54, 1.807) is 7.11 Å². The van der Waals surface area contributed by atoms with Crippen molar-refractivity contribution in [3.8, 4) is 5.75 Å². The van der Waals surface area contributed by atoms with Crippen molar-refractivity contribution in [1.82, 2.24) is 4.98 Å². The summed E-state index contributed by atoms with van der Waals surface area (Å²) in [4.78, 5) is 4.44. The number of methoxy groups -OCH3 is 1. The molecule has 1 aliphatic rings. The Labute approximate surface area is 101 Å². The van der Waals surface area contributed by atoms with Crippen LogP contribution in [0, 0.1) is 0 Å². The zero-order valence-electron chi connectivity index (χ0n) is 10.2. The number of hydrogen-bond acceptors (Lipinski definition) is 3. The molecule has 0 aliphatic heterocycles. The average Bonchev–Trinajstić information content (AvgIpc) is 3.07. The van der Waals surface area contributed by atoms with Crippen molar-refractivity contribution in [3.05, 3.63) is 30.5 Å². The van der Waals surface area contributed by atoms with Crippen LogP contribution in [-0.4, -0.2) is 17.6 Å². The third-order valence-corrected chi connectivity index (χ3v) is 3.41. The highest BCUT2D eigenvalue weighted by Gasteiger charge is 2.37. The third kappa shape index (κ3) is 1.82. The van der Waals surface area contributed by atoms with Gasteiger partial charge in [-0.3, -0.25) is 0 Å². The largest absolute Gasteiger partial charge is 0.496 e. The summed E-state index contributed by atoms with van der Waals surface area (Å²) in [6.45, 7) is 2.23. The molecule has 1 N–H and O–H groups in total. The Hall–Kier alpha value is -1.77. The quantitative estimate of drug-likeness (QED) is 0.876. The summed E-state index contributed by atoms with van der Waals surface area (Å²) in [5.74, 6) is 1.86. The Morgan fingerprint density at radius 3 is 2.76 bits per heavy atom. The summed E-state index contributed by atoms with van der Waals surface area (Å²) in [7, 11) is 1.70. The maximum Gasteiger partial charge on any atom is 0.134 e. The van der Waals surface area contributed by atoms with Gasteiger partial charge < -0.3 is 10.1 Å².